The van der Waals surface area contributed by atoms with E-state index in [1.165, 1.54) is 5.56 Å². The Morgan fingerprint density at radius 2 is 2.00 bits per heavy atom. The van der Waals surface area contributed by atoms with Crippen molar-refractivity contribution in [2.75, 3.05) is 33.8 Å². The Bertz CT molecular complexity index is 1050. The van der Waals surface area contributed by atoms with Crippen molar-refractivity contribution < 1.29 is 9.53 Å². The molecule has 3 aromatic rings. The van der Waals surface area contributed by atoms with Crippen LogP contribution in [0.4, 0.5) is 0 Å². The fourth-order valence-corrected chi connectivity index (χ4v) is 3.86. The molecule has 6 nitrogen and oxygen atoms in total. The molecule has 0 aliphatic carbocycles. The van der Waals surface area contributed by atoms with Crippen LogP contribution in [0.5, 0.6) is 5.75 Å². The zero-order valence-corrected chi connectivity index (χ0v) is 20.7. The number of halogens is 1. The molecule has 34 heavy (non-hydrogen) atoms. The van der Waals surface area contributed by atoms with Gasteiger partial charge in [0.2, 0.25) is 5.91 Å². The van der Waals surface area contributed by atoms with Gasteiger partial charge in [0.05, 0.1) is 18.5 Å². The van der Waals surface area contributed by atoms with Gasteiger partial charge in [-0.25, -0.2) is 4.98 Å². The van der Waals surface area contributed by atoms with Crippen molar-refractivity contribution in [2.24, 2.45) is 0 Å². The van der Waals surface area contributed by atoms with Crippen LogP contribution in [0.2, 0.25) is 5.02 Å². The molecule has 1 amide bonds. The predicted octanol–water partition coefficient (Wildman–Crippen LogP) is 5.01. The highest BCUT2D eigenvalue weighted by atomic mass is 35.5. The molecule has 1 N–H and O–H groups in total. The number of imidazole rings is 1. The number of unbranched alkanes of at least 4 members (excludes halogenated alkanes) is 1. The van der Waals surface area contributed by atoms with Gasteiger partial charge in [0.25, 0.3) is 0 Å². The molecule has 180 valence electrons. The van der Waals surface area contributed by atoms with Gasteiger partial charge in [-0.1, -0.05) is 42.0 Å². The van der Waals surface area contributed by atoms with E-state index in [2.05, 4.69) is 28.3 Å². The number of carbonyl (C=O) groups is 1. The zero-order valence-electron chi connectivity index (χ0n) is 19.9. The number of nitrogens with one attached hydrogen (secondary N) is 1. The number of likely N-dealkylation sites (N-methyl/N-ethyl adjacent to an activating group) is 1. The molecule has 0 aliphatic heterocycles. The van der Waals surface area contributed by atoms with Crippen LogP contribution in [-0.4, -0.2) is 54.1 Å². The zero-order chi connectivity index (χ0) is 24.2. The van der Waals surface area contributed by atoms with Gasteiger partial charge >= 0.3 is 0 Å². The third-order valence-electron chi connectivity index (χ3n) is 5.60. The molecule has 2 aromatic carbocycles. The van der Waals surface area contributed by atoms with Crippen molar-refractivity contribution in [3.05, 3.63) is 83.4 Å². The summed E-state index contributed by atoms with van der Waals surface area (Å²) in [6.45, 7) is 2.66. The summed E-state index contributed by atoms with van der Waals surface area (Å²) in [4.78, 5) is 18.4. The van der Waals surface area contributed by atoms with Crippen LogP contribution < -0.4 is 10.1 Å². The van der Waals surface area contributed by atoms with Crippen LogP contribution in [0.3, 0.4) is 0 Å². The highest BCUT2D eigenvalue weighted by molar-refractivity contribution is 6.32. The quantitative estimate of drug-likeness (QED) is 0.349. The summed E-state index contributed by atoms with van der Waals surface area (Å²) in [6, 6.07) is 14.1. The average molecular weight is 481 g/mol. The molecule has 0 saturated carbocycles. The lowest BCUT2D eigenvalue weighted by atomic mass is 10.1. The lowest BCUT2D eigenvalue weighted by molar-refractivity contribution is -0.120. The largest absolute Gasteiger partial charge is 0.495 e. The molecule has 0 atom stereocenters. The highest BCUT2D eigenvalue weighted by Gasteiger charge is 2.04. The van der Waals surface area contributed by atoms with Crippen LogP contribution in [0.25, 0.3) is 11.8 Å². The number of methoxy groups -OCH3 is 1. The van der Waals surface area contributed by atoms with E-state index in [4.69, 9.17) is 16.3 Å². The van der Waals surface area contributed by atoms with Crippen LogP contribution in [-0.2, 0) is 11.2 Å². The Kier molecular flexibility index (Phi) is 10.2. The topological polar surface area (TPSA) is 59.4 Å². The summed E-state index contributed by atoms with van der Waals surface area (Å²) < 4.78 is 7.15. The number of rotatable bonds is 13. The molecular weight excluding hydrogens is 448 g/mol. The van der Waals surface area contributed by atoms with Crippen molar-refractivity contribution in [1.82, 2.24) is 19.8 Å². The van der Waals surface area contributed by atoms with Crippen LogP contribution >= 0.6 is 11.6 Å². The van der Waals surface area contributed by atoms with E-state index in [-0.39, 0.29) is 5.91 Å². The summed E-state index contributed by atoms with van der Waals surface area (Å²) in [7, 11) is 3.74. The Labute approximate surface area is 207 Å². The van der Waals surface area contributed by atoms with Crippen molar-refractivity contribution >= 4 is 23.6 Å². The number of aromatic nitrogens is 2. The normalized spacial score (nSPS) is 11.3. The number of nitrogens with zero attached hydrogens (tertiary/aromatic N) is 3. The predicted molar refractivity (Wildman–Crippen MR) is 139 cm³/mol. The van der Waals surface area contributed by atoms with Crippen molar-refractivity contribution in [1.29, 1.82) is 0 Å². The summed E-state index contributed by atoms with van der Waals surface area (Å²) in [6.07, 6.45) is 12.6. The Hall–Kier alpha value is -3.09. The number of carbonyl (C=O) groups excluding carboxylic acids is 1. The van der Waals surface area contributed by atoms with Crippen molar-refractivity contribution in [2.45, 2.75) is 25.7 Å². The van der Waals surface area contributed by atoms with Crippen molar-refractivity contribution in [3.8, 4) is 11.4 Å². The van der Waals surface area contributed by atoms with Gasteiger partial charge < -0.3 is 19.5 Å². The van der Waals surface area contributed by atoms with E-state index in [1.807, 2.05) is 59.3 Å². The smallest absolute Gasteiger partial charge is 0.223 e. The molecule has 3 rings (SSSR count). The third-order valence-corrected chi connectivity index (χ3v) is 5.89. The standard InChI is InChI=1S/C27H33ClN4O2/c1-31(18-14-23-10-13-26(34-2)25(28)20-23)17-4-3-15-30-27(33)7-5-6-22-8-11-24(12-9-22)32-19-16-29-21-32/h5-6,8-13,16,19-21H,3-4,7,14-15,17-18H2,1-2H3,(H,30,33)/b6-5+. The van der Waals surface area contributed by atoms with Gasteiger partial charge in [0.1, 0.15) is 5.75 Å². The first-order valence-electron chi connectivity index (χ1n) is 11.6. The van der Waals surface area contributed by atoms with E-state index in [9.17, 15) is 4.79 Å². The second kappa shape index (κ2) is 13.6. The molecular formula is C27H33ClN4O2. The van der Waals surface area contributed by atoms with Crippen molar-refractivity contribution in [3.63, 3.8) is 0 Å². The minimum atomic E-state index is 0.0519. The number of ether oxygens (including phenoxy) is 1. The number of benzene rings is 2. The molecule has 0 bridgehead atoms. The van der Waals surface area contributed by atoms with E-state index >= 15 is 0 Å². The Morgan fingerprint density at radius 3 is 2.71 bits per heavy atom. The van der Waals surface area contributed by atoms with Gasteiger partial charge in [-0.2, -0.15) is 0 Å². The summed E-state index contributed by atoms with van der Waals surface area (Å²) >= 11 is 6.19. The van der Waals surface area contributed by atoms with Gasteiger partial charge in [0, 0.05) is 37.6 Å². The maximum Gasteiger partial charge on any atom is 0.223 e. The second-order valence-electron chi connectivity index (χ2n) is 8.25. The first-order chi connectivity index (χ1) is 16.5. The molecule has 0 spiro atoms. The first-order valence-corrected chi connectivity index (χ1v) is 12.0. The molecule has 7 heteroatoms. The summed E-state index contributed by atoms with van der Waals surface area (Å²) in [5.41, 5.74) is 3.33. The number of amides is 1. The molecule has 0 unspecified atom stereocenters. The molecule has 0 saturated heterocycles. The van der Waals surface area contributed by atoms with E-state index in [0.29, 0.717) is 23.7 Å². The highest BCUT2D eigenvalue weighted by Crippen LogP contribution is 2.25. The minimum absolute atomic E-state index is 0.0519. The fourth-order valence-electron chi connectivity index (χ4n) is 3.58. The maximum atomic E-state index is 12.1. The van der Waals surface area contributed by atoms with Gasteiger partial charge in [-0.15, -0.1) is 0 Å². The molecule has 0 aliphatic rings. The van der Waals surface area contributed by atoms with E-state index in [0.717, 1.165) is 43.6 Å². The van der Waals surface area contributed by atoms with Gasteiger partial charge in [0.15, 0.2) is 0 Å². The minimum Gasteiger partial charge on any atom is -0.495 e. The monoisotopic (exact) mass is 480 g/mol. The molecule has 0 radical (unpaired) electrons. The Morgan fingerprint density at radius 1 is 1.18 bits per heavy atom. The number of hydrogen-bond acceptors (Lipinski definition) is 4. The third kappa shape index (κ3) is 8.36. The molecule has 1 aromatic heterocycles. The van der Waals surface area contributed by atoms with Gasteiger partial charge in [-0.05, 0) is 68.2 Å². The van der Waals surface area contributed by atoms with Crippen LogP contribution in [0.15, 0.2) is 67.3 Å². The number of hydrogen-bond donors (Lipinski definition) is 1. The summed E-state index contributed by atoms with van der Waals surface area (Å²) in [5, 5.41) is 3.65. The van der Waals surface area contributed by atoms with Crippen LogP contribution in [0, 0.1) is 0 Å². The molecule has 1 heterocycles. The Balaban J connectivity index is 1.25. The average Bonchev–Trinajstić information content (AvgIpc) is 3.38. The second-order valence-corrected chi connectivity index (χ2v) is 8.65. The summed E-state index contributed by atoms with van der Waals surface area (Å²) in [5.74, 6) is 0.757. The first kappa shape index (κ1) is 25.5. The van der Waals surface area contributed by atoms with Gasteiger partial charge in [-0.3, -0.25) is 4.79 Å². The molecule has 0 fully saturated rings. The lowest BCUT2D eigenvalue weighted by Gasteiger charge is -2.17. The van der Waals surface area contributed by atoms with Crippen LogP contribution in [0.1, 0.15) is 30.4 Å². The maximum absolute atomic E-state index is 12.1. The van der Waals surface area contributed by atoms with E-state index in [1.54, 1.807) is 19.6 Å². The fraction of sp³-hybridized carbons (Fsp3) is 0.333. The van der Waals surface area contributed by atoms with E-state index < -0.39 is 0 Å². The lowest BCUT2D eigenvalue weighted by Crippen LogP contribution is -2.26. The SMILES string of the molecule is COc1ccc(CCN(C)CCCCNC(=O)C/C=C/c2ccc(-n3ccnc3)cc2)cc1Cl.